The minimum Gasteiger partial charge on any atom is -0.397 e. The number of benzene rings is 1. The SMILES string of the molecule is Nc1c(C(=O)NC2CCC(=O)NC2)sc2ccc(Br)cc12. The monoisotopic (exact) mass is 367 g/mol. The Morgan fingerprint density at radius 3 is 3.00 bits per heavy atom. The van der Waals surface area contributed by atoms with E-state index in [0.717, 1.165) is 14.6 Å². The Morgan fingerprint density at radius 1 is 1.48 bits per heavy atom. The van der Waals surface area contributed by atoms with Gasteiger partial charge in [-0.3, -0.25) is 9.59 Å². The number of thiophene rings is 1. The van der Waals surface area contributed by atoms with E-state index in [2.05, 4.69) is 26.6 Å². The molecule has 1 aliphatic rings. The molecule has 7 heteroatoms. The highest BCUT2D eigenvalue weighted by atomic mass is 79.9. The van der Waals surface area contributed by atoms with E-state index in [1.54, 1.807) is 0 Å². The van der Waals surface area contributed by atoms with Crippen LogP contribution in [-0.4, -0.2) is 24.4 Å². The average molecular weight is 368 g/mol. The highest BCUT2D eigenvalue weighted by Crippen LogP contribution is 2.35. The summed E-state index contributed by atoms with van der Waals surface area (Å²) < 4.78 is 1.92. The number of fused-ring (bicyclic) bond motifs is 1. The van der Waals surface area contributed by atoms with Crippen molar-refractivity contribution in [3.63, 3.8) is 0 Å². The number of hydrogen-bond donors (Lipinski definition) is 3. The van der Waals surface area contributed by atoms with Gasteiger partial charge in [-0.2, -0.15) is 0 Å². The molecule has 2 amide bonds. The van der Waals surface area contributed by atoms with Crippen molar-refractivity contribution in [2.45, 2.75) is 18.9 Å². The summed E-state index contributed by atoms with van der Waals surface area (Å²) in [6, 6.07) is 5.75. The molecule has 21 heavy (non-hydrogen) atoms. The summed E-state index contributed by atoms with van der Waals surface area (Å²) in [5, 5.41) is 6.57. The zero-order valence-electron chi connectivity index (χ0n) is 11.1. The van der Waals surface area contributed by atoms with Gasteiger partial charge in [0.05, 0.1) is 5.69 Å². The number of nitrogens with two attached hydrogens (primary N) is 1. The first-order valence-electron chi connectivity index (χ1n) is 6.59. The van der Waals surface area contributed by atoms with Crippen molar-refractivity contribution < 1.29 is 9.59 Å². The lowest BCUT2D eigenvalue weighted by atomic mass is 10.1. The van der Waals surface area contributed by atoms with E-state index in [1.165, 1.54) is 11.3 Å². The lowest BCUT2D eigenvalue weighted by Gasteiger charge is -2.23. The second kappa shape index (κ2) is 5.65. The lowest BCUT2D eigenvalue weighted by Crippen LogP contribution is -2.47. The van der Waals surface area contributed by atoms with Crippen molar-refractivity contribution in [2.75, 3.05) is 12.3 Å². The van der Waals surface area contributed by atoms with Gasteiger partial charge in [-0.05, 0) is 24.6 Å². The fourth-order valence-electron chi connectivity index (χ4n) is 2.36. The molecule has 2 heterocycles. The first kappa shape index (κ1) is 14.3. The smallest absolute Gasteiger partial charge is 0.263 e. The van der Waals surface area contributed by atoms with Crippen molar-refractivity contribution in [3.05, 3.63) is 27.5 Å². The van der Waals surface area contributed by atoms with E-state index in [0.29, 0.717) is 30.0 Å². The number of nitrogen functional groups attached to an aromatic ring is 1. The van der Waals surface area contributed by atoms with Gasteiger partial charge in [-0.25, -0.2) is 0 Å². The number of piperidine rings is 1. The maximum absolute atomic E-state index is 12.4. The molecular weight excluding hydrogens is 354 g/mol. The van der Waals surface area contributed by atoms with Crippen LogP contribution in [0.2, 0.25) is 0 Å². The summed E-state index contributed by atoms with van der Waals surface area (Å²) in [6.07, 6.45) is 1.10. The van der Waals surface area contributed by atoms with Crippen LogP contribution in [0.3, 0.4) is 0 Å². The molecule has 3 rings (SSSR count). The highest BCUT2D eigenvalue weighted by Gasteiger charge is 2.23. The molecule has 0 saturated carbocycles. The van der Waals surface area contributed by atoms with Crippen LogP contribution in [0.25, 0.3) is 10.1 Å². The summed E-state index contributed by atoms with van der Waals surface area (Å²) in [5.41, 5.74) is 6.60. The van der Waals surface area contributed by atoms with Crippen molar-refractivity contribution in [3.8, 4) is 0 Å². The fourth-order valence-corrected chi connectivity index (χ4v) is 3.73. The van der Waals surface area contributed by atoms with Gasteiger partial charge < -0.3 is 16.4 Å². The van der Waals surface area contributed by atoms with E-state index >= 15 is 0 Å². The number of anilines is 1. The molecule has 1 aromatic heterocycles. The molecule has 0 radical (unpaired) electrons. The lowest BCUT2D eigenvalue weighted by molar-refractivity contribution is -0.122. The number of nitrogens with one attached hydrogen (secondary N) is 2. The topological polar surface area (TPSA) is 84.2 Å². The van der Waals surface area contributed by atoms with Gasteiger partial charge in [0.2, 0.25) is 5.91 Å². The molecule has 1 fully saturated rings. The third kappa shape index (κ3) is 2.89. The Labute approximate surface area is 134 Å². The van der Waals surface area contributed by atoms with Gasteiger partial charge in [-0.1, -0.05) is 15.9 Å². The van der Waals surface area contributed by atoms with Gasteiger partial charge in [0.15, 0.2) is 0 Å². The van der Waals surface area contributed by atoms with Crippen molar-refractivity contribution >= 4 is 54.9 Å². The number of hydrogen-bond acceptors (Lipinski definition) is 4. The molecule has 0 spiro atoms. The maximum Gasteiger partial charge on any atom is 0.263 e. The number of amides is 2. The highest BCUT2D eigenvalue weighted by molar-refractivity contribution is 9.10. The minimum atomic E-state index is -0.175. The Balaban J connectivity index is 1.81. The van der Waals surface area contributed by atoms with Gasteiger partial charge in [0.1, 0.15) is 4.88 Å². The van der Waals surface area contributed by atoms with E-state index in [4.69, 9.17) is 5.73 Å². The second-order valence-electron chi connectivity index (χ2n) is 5.00. The Hall–Kier alpha value is -1.60. The van der Waals surface area contributed by atoms with E-state index in [1.807, 2.05) is 18.2 Å². The fraction of sp³-hybridized carbons (Fsp3) is 0.286. The number of rotatable bonds is 2. The Morgan fingerprint density at radius 2 is 2.29 bits per heavy atom. The molecule has 1 aromatic carbocycles. The molecule has 2 aromatic rings. The summed E-state index contributed by atoms with van der Waals surface area (Å²) >= 11 is 4.79. The second-order valence-corrected chi connectivity index (χ2v) is 6.97. The number of carbonyl (C=O) groups is 2. The van der Waals surface area contributed by atoms with Crippen LogP contribution in [0, 0.1) is 0 Å². The summed E-state index contributed by atoms with van der Waals surface area (Å²) in [5.74, 6) is -0.141. The number of halogens is 1. The Kier molecular flexibility index (Phi) is 3.86. The molecule has 5 nitrogen and oxygen atoms in total. The molecule has 1 saturated heterocycles. The Bertz CT molecular complexity index is 718. The van der Waals surface area contributed by atoms with Crippen LogP contribution >= 0.6 is 27.3 Å². The molecule has 0 bridgehead atoms. The normalized spacial score (nSPS) is 18.5. The molecule has 0 aliphatic carbocycles. The number of carbonyl (C=O) groups excluding carboxylic acids is 2. The van der Waals surface area contributed by atoms with Crippen LogP contribution in [0.4, 0.5) is 5.69 Å². The summed E-state index contributed by atoms with van der Waals surface area (Å²) in [6.45, 7) is 0.473. The molecule has 1 unspecified atom stereocenters. The molecular formula is C14H14BrN3O2S. The molecule has 4 N–H and O–H groups in total. The van der Waals surface area contributed by atoms with Gasteiger partial charge in [0, 0.05) is 33.6 Å². The van der Waals surface area contributed by atoms with Gasteiger partial charge in [-0.15, -0.1) is 11.3 Å². The van der Waals surface area contributed by atoms with Crippen molar-refractivity contribution in [2.24, 2.45) is 0 Å². The summed E-state index contributed by atoms with van der Waals surface area (Å²) in [4.78, 5) is 24.0. The first-order valence-corrected chi connectivity index (χ1v) is 8.20. The van der Waals surface area contributed by atoms with Crippen LogP contribution in [0.15, 0.2) is 22.7 Å². The maximum atomic E-state index is 12.4. The third-order valence-electron chi connectivity index (χ3n) is 3.50. The first-order chi connectivity index (χ1) is 10.0. The predicted octanol–water partition coefficient (Wildman–Crippen LogP) is 2.25. The van der Waals surface area contributed by atoms with Crippen molar-refractivity contribution in [1.82, 2.24) is 10.6 Å². The zero-order valence-corrected chi connectivity index (χ0v) is 13.5. The average Bonchev–Trinajstić information content (AvgIpc) is 2.79. The van der Waals surface area contributed by atoms with Crippen LogP contribution in [0.1, 0.15) is 22.5 Å². The van der Waals surface area contributed by atoms with Gasteiger partial charge in [0.25, 0.3) is 5.91 Å². The van der Waals surface area contributed by atoms with E-state index in [9.17, 15) is 9.59 Å². The van der Waals surface area contributed by atoms with Crippen molar-refractivity contribution in [1.29, 1.82) is 0 Å². The quantitative estimate of drug-likeness (QED) is 0.760. The molecule has 110 valence electrons. The predicted molar refractivity (Wildman–Crippen MR) is 87.4 cm³/mol. The van der Waals surface area contributed by atoms with Gasteiger partial charge >= 0.3 is 0 Å². The molecule has 1 atom stereocenters. The largest absolute Gasteiger partial charge is 0.397 e. The summed E-state index contributed by atoms with van der Waals surface area (Å²) in [7, 11) is 0. The van der Waals surface area contributed by atoms with E-state index < -0.39 is 0 Å². The van der Waals surface area contributed by atoms with E-state index in [-0.39, 0.29) is 17.9 Å². The minimum absolute atomic E-state index is 0.0340. The molecule has 1 aliphatic heterocycles. The third-order valence-corrected chi connectivity index (χ3v) is 5.17. The van der Waals surface area contributed by atoms with Crippen LogP contribution in [0.5, 0.6) is 0 Å². The van der Waals surface area contributed by atoms with Crippen LogP contribution < -0.4 is 16.4 Å². The standard InChI is InChI=1S/C14H14BrN3O2S/c15-7-1-3-10-9(5-7)12(16)13(21-10)14(20)18-8-2-4-11(19)17-6-8/h1,3,5,8H,2,4,6,16H2,(H,17,19)(H,18,20). The van der Waals surface area contributed by atoms with Crippen LogP contribution in [-0.2, 0) is 4.79 Å². The zero-order chi connectivity index (χ0) is 15.0.